The Morgan fingerprint density at radius 3 is 3.23 bits per heavy atom. The first kappa shape index (κ1) is 8.10. The van der Waals surface area contributed by atoms with Gasteiger partial charge in [-0.1, -0.05) is 6.07 Å². The van der Waals surface area contributed by atoms with Gasteiger partial charge in [-0.25, -0.2) is 0 Å². The second-order valence-corrected chi connectivity index (χ2v) is 3.12. The molecule has 3 nitrogen and oxygen atoms in total. The molecule has 1 unspecified atom stereocenters. The van der Waals surface area contributed by atoms with Crippen LogP contribution in [-0.4, -0.2) is 19.4 Å². The third-order valence-corrected chi connectivity index (χ3v) is 2.07. The number of rotatable bonds is 1. The summed E-state index contributed by atoms with van der Waals surface area (Å²) in [5.41, 5.74) is 1.81. The maximum absolute atomic E-state index is 5.62. The van der Waals surface area contributed by atoms with Crippen molar-refractivity contribution in [2.24, 2.45) is 4.99 Å². The minimum Gasteiger partial charge on any atom is -0.487 e. The van der Waals surface area contributed by atoms with Crippen molar-refractivity contribution in [2.45, 2.75) is 13.0 Å². The monoisotopic (exact) mass is 176 g/mol. The van der Waals surface area contributed by atoms with Crippen LogP contribution in [0.5, 0.6) is 5.75 Å². The first-order valence-corrected chi connectivity index (χ1v) is 4.31. The molecule has 0 spiro atoms. The summed E-state index contributed by atoms with van der Waals surface area (Å²) in [7, 11) is 0. The molecule has 0 radical (unpaired) electrons. The van der Waals surface area contributed by atoms with Gasteiger partial charge in [0.25, 0.3) is 0 Å². The van der Waals surface area contributed by atoms with E-state index in [1.165, 1.54) is 0 Å². The van der Waals surface area contributed by atoms with E-state index < -0.39 is 0 Å². The highest BCUT2D eigenvalue weighted by molar-refractivity contribution is 5.75. The SMILES string of the molecule is C=Nc1cccc2c1NCC(C)O2. The van der Waals surface area contributed by atoms with Gasteiger partial charge in [0.1, 0.15) is 17.5 Å². The van der Waals surface area contributed by atoms with Crippen molar-refractivity contribution in [1.29, 1.82) is 0 Å². The number of nitrogens with one attached hydrogen (secondary N) is 1. The fourth-order valence-corrected chi connectivity index (χ4v) is 1.43. The van der Waals surface area contributed by atoms with Gasteiger partial charge < -0.3 is 10.1 Å². The van der Waals surface area contributed by atoms with Crippen LogP contribution in [0.15, 0.2) is 23.2 Å². The van der Waals surface area contributed by atoms with Crippen LogP contribution in [0.25, 0.3) is 0 Å². The van der Waals surface area contributed by atoms with Crippen molar-refractivity contribution in [1.82, 2.24) is 0 Å². The maximum atomic E-state index is 5.62. The molecule has 1 atom stereocenters. The second kappa shape index (κ2) is 3.09. The van der Waals surface area contributed by atoms with Crippen LogP contribution in [0.1, 0.15) is 6.92 Å². The topological polar surface area (TPSA) is 33.6 Å². The summed E-state index contributed by atoms with van der Waals surface area (Å²) in [4.78, 5) is 3.92. The lowest BCUT2D eigenvalue weighted by molar-refractivity contribution is 0.226. The third-order valence-electron chi connectivity index (χ3n) is 2.07. The number of hydrogen-bond donors (Lipinski definition) is 1. The molecular formula is C10H12N2O. The molecule has 2 rings (SSSR count). The molecule has 1 heterocycles. The molecule has 1 aliphatic heterocycles. The fourth-order valence-electron chi connectivity index (χ4n) is 1.43. The van der Waals surface area contributed by atoms with Crippen molar-refractivity contribution in [3.8, 4) is 5.75 Å². The first-order chi connectivity index (χ1) is 6.31. The van der Waals surface area contributed by atoms with Gasteiger partial charge >= 0.3 is 0 Å². The van der Waals surface area contributed by atoms with Gasteiger partial charge in [-0.05, 0) is 25.8 Å². The van der Waals surface area contributed by atoms with E-state index in [4.69, 9.17) is 4.74 Å². The average Bonchev–Trinajstić information content (AvgIpc) is 2.16. The van der Waals surface area contributed by atoms with Crippen LogP contribution < -0.4 is 10.1 Å². The van der Waals surface area contributed by atoms with Crippen molar-refractivity contribution >= 4 is 18.1 Å². The van der Waals surface area contributed by atoms with Gasteiger partial charge in [-0.3, -0.25) is 4.99 Å². The Bertz CT molecular complexity index is 336. The highest BCUT2D eigenvalue weighted by atomic mass is 16.5. The zero-order chi connectivity index (χ0) is 9.26. The van der Waals surface area contributed by atoms with Crippen molar-refractivity contribution < 1.29 is 4.74 Å². The molecule has 1 aromatic carbocycles. The minimum atomic E-state index is 0.215. The predicted octanol–water partition coefficient (Wildman–Crippen LogP) is 2.21. The lowest BCUT2D eigenvalue weighted by Crippen LogP contribution is -2.27. The van der Waals surface area contributed by atoms with E-state index in [1.807, 2.05) is 25.1 Å². The lowest BCUT2D eigenvalue weighted by atomic mass is 10.2. The van der Waals surface area contributed by atoms with Crippen molar-refractivity contribution in [3.05, 3.63) is 18.2 Å². The van der Waals surface area contributed by atoms with Gasteiger partial charge in [0, 0.05) is 0 Å². The Balaban J connectivity index is 2.45. The normalized spacial score (nSPS) is 19.6. The Morgan fingerprint density at radius 1 is 1.62 bits per heavy atom. The van der Waals surface area contributed by atoms with Crippen LogP contribution >= 0.6 is 0 Å². The van der Waals surface area contributed by atoms with Crippen LogP contribution in [0.3, 0.4) is 0 Å². The number of hydrogen-bond acceptors (Lipinski definition) is 3. The van der Waals surface area contributed by atoms with Crippen LogP contribution in [0.4, 0.5) is 11.4 Å². The largest absolute Gasteiger partial charge is 0.487 e. The van der Waals surface area contributed by atoms with Crippen molar-refractivity contribution in [2.75, 3.05) is 11.9 Å². The molecule has 0 bridgehead atoms. The van der Waals surface area contributed by atoms with Gasteiger partial charge in [0.2, 0.25) is 0 Å². The molecule has 0 saturated carbocycles. The molecule has 1 aromatic rings. The van der Waals surface area contributed by atoms with Crippen molar-refractivity contribution in [3.63, 3.8) is 0 Å². The number of fused-ring (bicyclic) bond motifs is 1. The third kappa shape index (κ3) is 1.37. The predicted molar refractivity (Wildman–Crippen MR) is 54.2 cm³/mol. The zero-order valence-corrected chi connectivity index (χ0v) is 7.58. The number of aliphatic imine (C=N–C) groups is 1. The first-order valence-electron chi connectivity index (χ1n) is 4.31. The molecule has 3 heteroatoms. The van der Waals surface area contributed by atoms with E-state index in [0.717, 1.165) is 23.7 Å². The lowest BCUT2D eigenvalue weighted by Gasteiger charge is -2.25. The van der Waals surface area contributed by atoms with E-state index in [-0.39, 0.29) is 6.10 Å². The van der Waals surface area contributed by atoms with E-state index in [2.05, 4.69) is 17.0 Å². The van der Waals surface area contributed by atoms with E-state index in [1.54, 1.807) is 0 Å². The molecule has 0 saturated heterocycles. The molecule has 0 aromatic heterocycles. The Hall–Kier alpha value is -1.51. The number of para-hydroxylation sites is 1. The molecule has 68 valence electrons. The highest BCUT2D eigenvalue weighted by Gasteiger charge is 2.17. The molecule has 13 heavy (non-hydrogen) atoms. The summed E-state index contributed by atoms with van der Waals surface area (Å²) in [6, 6.07) is 5.77. The molecule has 0 amide bonds. The van der Waals surface area contributed by atoms with Gasteiger partial charge in [-0.15, -0.1) is 0 Å². The number of nitrogens with zero attached hydrogens (tertiary/aromatic N) is 1. The summed E-state index contributed by atoms with van der Waals surface area (Å²) in [6.45, 7) is 6.36. The standard InChI is InChI=1S/C10H12N2O/c1-7-6-12-10-8(11-2)4-3-5-9(10)13-7/h3-5,7,12H,2,6H2,1H3. The van der Waals surface area contributed by atoms with Gasteiger partial charge in [0.15, 0.2) is 0 Å². The number of anilines is 1. The average molecular weight is 176 g/mol. The Labute approximate surface area is 77.4 Å². The quantitative estimate of drug-likeness (QED) is 0.665. The smallest absolute Gasteiger partial charge is 0.145 e. The number of benzene rings is 1. The van der Waals surface area contributed by atoms with Gasteiger partial charge in [-0.2, -0.15) is 0 Å². The minimum absolute atomic E-state index is 0.215. The van der Waals surface area contributed by atoms with Crippen LogP contribution in [0.2, 0.25) is 0 Å². The second-order valence-electron chi connectivity index (χ2n) is 3.12. The van der Waals surface area contributed by atoms with Crippen LogP contribution in [-0.2, 0) is 0 Å². The van der Waals surface area contributed by atoms with E-state index in [9.17, 15) is 0 Å². The Kier molecular flexibility index (Phi) is 1.93. The number of ether oxygens (including phenoxy) is 1. The van der Waals surface area contributed by atoms with Gasteiger partial charge in [0.05, 0.1) is 12.2 Å². The summed E-state index contributed by atoms with van der Waals surface area (Å²) in [5, 5.41) is 3.27. The molecule has 1 aliphatic rings. The molecule has 0 aliphatic carbocycles. The molecular weight excluding hydrogens is 164 g/mol. The zero-order valence-electron chi connectivity index (χ0n) is 7.58. The van der Waals surface area contributed by atoms with E-state index >= 15 is 0 Å². The summed E-state index contributed by atoms with van der Waals surface area (Å²) in [5.74, 6) is 0.864. The summed E-state index contributed by atoms with van der Waals surface area (Å²) in [6.07, 6.45) is 0.215. The van der Waals surface area contributed by atoms with Crippen LogP contribution in [0, 0.1) is 0 Å². The highest BCUT2D eigenvalue weighted by Crippen LogP contribution is 2.36. The maximum Gasteiger partial charge on any atom is 0.145 e. The summed E-state index contributed by atoms with van der Waals surface area (Å²) >= 11 is 0. The Morgan fingerprint density at radius 2 is 2.46 bits per heavy atom. The summed E-state index contributed by atoms with van der Waals surface area (Å²) < 4.78 is 5.62. The molecule has 0 fully saturated rings. The van der Waals surface area contributed by atoms with E-state index in [0.29, 0.717) is 0 Å². The fraction of sp³-hybridized carbons (Fsp3) is 0.300. The molecule has 1 N–H and O–H groups in total.